The predicted molar refractivity (Wildman–Crippen MR) is 51.1 cm³/mol. The van der Waals surface area contributed by atoms with Crippen molar-refractivity contribution >= 4 is 33.9 Å². The highest BCUT2D eigenvalue weighted by molar-refractivity contribution is 14.1. The van der Waals surface area contributed by atoms with Crippen LogP contribution in [0.3, 0.4) is 0 Å². The molecule has 3 heteroatoms. The van der Waals surface area contributed by atoms with Crippen LogP contribution in [0.5, 0.6) is 0 Å². The molecule has 0 aliphatic carbocycles. The summed E-state index contributed by atoms with van der Waals surface area (Å²) < 4.78 is 13.9. The first-order valence-corrected chi connectivity index (χ1v) is 4.95. The van der Waals surface area contributed by atoms with Crippen molar-refractivity contribution in [1.82, 2.24) is 0 Å². The van der Waals surface area contributed by atoms with E-state index in [9.17, 15) is 4.39 Å². The molecule has 0 spiro atoms. The molecule has 1 heterocycles. The molecule has 10 heavy (non-hydrogen) atoms. The lowest BCUT2D eigenvalue weighted by molar-refractivity contribution is 0.628. The molecule has 0 nitrogen and oxygen atoms in total. The van der Waals surface area contributed by atoms with Crippen molar-refractivity contribution in [2.24, 2.45) is 0 Å². The lowest BCUT2D eigenvalue weighted by Gasteiger charge is -1.98. The van der Waals surface area contributed by atoms with Gasteiger partial charge in [0.15, 0.2) is 5.13 Å². The Bertz CT molecular complexity index is 230. The summed E-state index contributed by atoms with van der Waals surface area (Å²) in [4.78, 5) is 0. The summed E-state index contributed by atoms with van der Waals surface area (Å²) in [7, 11) is 0. The average molecular weight is 270 g/mol. The third kappa shape index (κ3) is 1.69. The number of hydrogen-bond donors (Lipinski definition) is 0. The van der Waals surface area contributed by atoms with Gasteiger partial charge >= 0.3 is 0 Å². The normalized spacial score (nSPS) is 10.9. The van der Waals surface area contributed by atoms with E-state index >= 15 is 0 Å². The number of rotatable bonds is 1. The van der Waals surface area contributed by atoms with Crippen LogP contribution in [0.4, 0.5) is 4.39 Å². The van der Waals surface area contributed by atoms with Crippen molar-refractivity contribution in [2.45, 2.75) is 19.8 Å². The average Bonchev–Trinajstić information content (AvgIpc) is 2.10. The second-order valence-electron chi connectivity index (χ2n) is 2.43. The van der Waals surface area contributed by atoms with Crippen LogP contribution in [0.1, 0.15) is 25.3 Å². The van der Waals surface area contributed by atoms with Gasteiger partial charge in [-0.15, -0.1) is 0 Å². The first-order chi connectivity index (χ1) is 4.61. The lowest BCUT2D eigenvalue weighted by Crippen LogP contribution is -1.85. The maximum absolute atomic E-state index is 12.9. The summed E-state index contributed by atoms with van der Waals surface area (Å²) >= 11 is 3.36. The van der Waals surface area contributed by atoms with Crippen LogP contribution < -0.4 is 0 Å². The van der Waals surface area contributed by atoms with E-state index in [0.717, 1.165) is 8.45 Å². The van der Waals surface area contributed by atoms with Crippen molar-refractivity contribution in [3.8, 4) is 0 Å². The fourth-order valence-corrected chi connectivity index (χ4v) is 2.43. The van der Waals surface area contributed by atoms with Gasteiger partial charge in [-0.25, -0.2) is 0 Å². The molecular weight excluding hydrogens is 262 g/mol. The molecule has 0 saturated heterocycles. The standard InChI is InChI=1S/C7H8FIS/c1-4(2)5-3-6(9)10-7(5)8/h3-4H,1-2H3. The Balaban J connectivity index is 3.03. The number of hydrogen-bond acceptors (Lipinski definition) is 1. The first kappa shape index (κ1) is 8.46. The molecule has 1 aromatic rings. The van der Waals surface area contributed by atoms with E-state index in [1.54, 1.807) is 0 Å². The number of halogens is 2. The molecule has 0 amide bonds. The lowest BCUT2D eigenvalue weighted by atomic mass is 10.1. The van der Waals surface area contributed by atoms with Gasteiger partial charge in [-0.3, -0.25) is 0 Å². The van der Waals surface area contributed by atoms with Crippen molar-refractivity contribution < 1.29 is 4.39 Å². The molecule has 1 rings (SSSR count). The molecule has 56 valence electrons. The Hall–Kier alpha value is 0.360. The molecule has 0 bridgehead atoms. The van der Waals surface area contributed by atoms with Crippen LogP contribution >= 0.6 is 33.9 Å². The molecule has 0 aromatic carbocycles. The van der Waals surface area contributed by atoms with E-state index in [-0.39, 0.29) is 5.13 Å². The van der Waals surface area contributed by atoms with Crippen molar-refractivity contribution in [1.29, 1.82) is 0 Å². The zero-order chi connectivity index (χ0) is 7.72. The fraction of sp³-hybridized carbons (Fsp3) is 0.429. The Morgan fingerprint density at radius 2 is 2.20 bits per heavy atom. The topological polar surface area (TPSA) is 0 Å². The van der Waals surface area contributed by atoms with Gasteiger partial charge in [-0.1, -0.05) is 25.2 Å². The molecule has 0 saturated carbocycles. The largest absolute Gasteiger partial charge is 0.195 e. The van der Waals surface area contributed by atoms with Crippen LogP contribution in [-0.4, -0.2) is 0 Å². The van der Waals surface area contributed by atoms with Gasteiger partial charge < -0.3 is 0 Å². The van der Waals surface area contributed by atoms with Gasteiger partial charge in [0.1, 0.15) is 0 Å². The van der Waals surface area contributed by atoms with Gasteiger partial charge in [-0.2, -0.15) is 4.39 Å². The summed E-state index contributed by atoms with van der Waals surface area (Å²) in [6, 6.07) is 1.91. The Morgan fingerprint density at radius 3 is 2.40 bits per heavy atom. The van der Waals surface area contributed by atoms with Gasteiger partial charge in [0, 0.05) is 5.56 Å². The quantitative estimate of drug-likeness (QED) is 0.684. The second-order valence-corrected chi connectivity index (χ2v) is 5.33. The minimum atomic E-state index is -0.0283. The SMILES string of the molecule is CC(C)c1cc(I)sc1F. The molecule has 0 unspecified atom stereocenters. The van der Waals surface area contributed by atoms with E-state index in [0.29, 0.717) is 5.92 Å². The zero-order valence-corrected chi connectivity index (χ0v) is 8.79. The maximum Gasteiger partial charge on any atom is 0.180 e. The van der Waals surface area contributed by atoms with Crippen molar-refractivity contribution in [2.75, 3.05) is 0 Å². The first-order valence-electron chi connectivity index (χ1n) is 3.06. The molecule has 1 aromatic heterocycles. The highest BCUT2D eigenvalue weighted by Gasteiger charge is 2.09. The molecule has 0 aliphatic rings. The van der Waals surface area contributed by atoms with Crippen molar-refractivity contribution in [3.63, 3.8) is 0 Å². The summed E-state index contributed by atoms with van der Waals surface area (Å²) in [6.45, 7) is 4.00. The monoisotopic (exact) mass is 270 g/mol. The van der Waals surface area contributed by atoms with Gasteiger partial charge in [-0.05, 0) is 34.6 Å². The van der Waals surface area contributed by atoms with E-state index in [2.05, 4.69) is 22.6 Å². The minimum Gasteiger partial charge on any atom is -0.195 e. The molecule has 0 N–H and O–H groups in total. The Labute approximate surface area is 77.6 Å². The maximum atomic E-state index is 12.9. The highest BCUT2D eigenvalue weighted by Crippen LogP contribution is 2.27. The van der Waals surface area contributed by atoms with Crippen LogP contribution in [0.15, 0.2) is 6.07 Å². The van der Waals surface area contributed by atoms with Crippen LogP contribution in [-0.2, 0) is 0 Å². The molecule has 0 fully saturated rings. The van der Waals surface area contributed by atoms with Gasteiger partial charge in [0.05, 0.1) is 2.88 Å². The van der Waals surface area contributed by atoms with Gasteiger partial charge in [0.25, 0.3) is 0 Å². The van der Waals surface area contributed by atoms with Crippen LogP contribution in [0.25, 0.3) is 0 Å². The third-order valence-electron chi connectivity index (χ3n) is 1.31. The van der Waals surface area contributed by atoms with E-state index in [1.165, 1.54) is 11.3 Å². The van der Waals surface area contributed by atoms with Crippen LogP contribution in [0.2, 0.25) is 0 Å². The van der Waals surface area contributed by atoms with Crippen LogP contribution in [0, 0.1) is 8.01 Å². The van der Waals surface area contributed by atoms with Gasteiger partial charge in [0.2, 0.25) is 0 Å². The fourth-order valence-electron chi connectivity index (χ4n) is 0.747. The van der Waals surface area contributed by atoms with E-state index in [1.807, 2.05) is 19.9 Å². The molecule has 0 aliphatic heterocycles. The van der Waals surface area contributed by atoms with Crippen molar-refractivity contribution in [3.05, 3.63) is 19.6 Å². The Morgan fingerprint density at radius 1 is 1.60 bits per heavy atom. The molecule has 0 radical (unpaired) electrons. The molecular formula is C7H8FIS. The second kappa shape index (κ2) is 3.17. The predicted octanol–water partition coefficient (Wildman–Crippen LogP) is 3.62. The number of thiophene rings is 1. The summed E-state index contributed by atoms with van der Waals surface area (Å²) in [6.07, 6.45) is 0. The highest BCUT2D eigenvalue weighted by atomic mass is 127. The minimum absolute atomic E-state index is 0.0283. The molecule has 0 atom stereocenters. The summed E-state index contributed by atoms with van der Waals surface area (Å²) in [5, 5.41) is -0.0283. The van der Waals surface area contributed by atoms with E-state index < -0.39 is 0 Å². The Kier molecular flexibility index (Phi) is 2.68. The summed E-state index contributed by atoms with van der Waals surface area (Å²) in [5.74, 6) is 0.305. The third-order valence-corrected chi connectivity index (χ3v) is 3.00. The smallest absolute Gasteiger partial charge is 0.180 e. The summed E-state index contributed by atoms with van der Waals surface area (Å²) in [5.41, 5.74) is 0.842. The zero-order valence-electron chi connectivity index (χ0n) is 5.82. The van der Waals surface area contributed by atoms with E-state index in [4.69, 9.17) is 0 Å².